The highest BCUT2D eigenvalue weighted by molar-refractivity contribution is 6.16. The van der Waals surface area contributed by atoms with Crippen LogP contribution in [0.3, 0.4) is 0 Å². The lowest BCUT2D eigenvalue weighted by molar-refractivity contribution is 0.102. The minimum atomic E-state index is -0.384. The quantitative estimate of drug-likeness (QED) is 0.441. The van der Waals surface area contributed by atoms with Crippen LogP contribution in [0.15, 0.2) is 84.1 Å². The summed E-state index contributed by atoms with van der Waals surface area (Å²) in [5.74, 6) is -0.240. The molecule has 0 bridgehead atoms. The molecule has 0 aliphatic carbocycles. The first-order valence-electron chi connectivity index (χ1n) is 9.59. The number of para-hydroxylation sites is 3. The molecule has 0 aliphatic rings. The van der Waals surface area contributed by atoms with E-state index < -0.39 is 0 Å². The zero-order valence-corrected chi connectivity index (χ0v) is 16.3. The largest absolute Gasteiger partial charge is 0.383 e. The van der Waals surface area contributed by atoms with Gasteiger partial charge in [-0.2, -0.15) is 9.78 Å². The highest BCUT2D eigenvalue weighted by atomic mass is 16.1. The summed E-state index contributed by atoms with van der Waals surface area (Å²) < 4.78 is 1.42. The molecular formula is C23H17N7O. The van der Waals surface area contributed by atoms with E-state index in [1.165, 1.54) is 4.68 Å². The van der Waals surface area contributed by atoms with Crippen LogP contribution >= 0.6 is 0 Å². The van der Waals surface area contributed by atoms with Crippen molar-refractivity contribution in [1.82, 2.24) is 19.6 Å². The Labute approximate surface area is 177 Å². The molecule has 0 atom stereocenters. The zero-order valence-electron chi connectivity index (χ0n) is 16.3. The van der Waals surface area contributed by atoms with E-state index in [2.05, 4.69) is 25.4 Å². The number of carbonyl (C=O) groups excluding carboxylic acids is 1. The molecule has 8 nitrogen and oxygen atoms in total. The van der Waals surface area contributed by atoms with Crippen molar-refractivity contribution in [3.8, 4) is 0 Å². The summed E-state index contributed by atoms with van der Waals surface area (Å²) >= 11 is 0. The Bertz CT molecular complexity index is 1430. The van der Waals surface area contributed by atoms with Gasteiger partial charge in [0, 0.05) is 11.9 Å². The average molecular weight is 407 g/mol. The van der Waals surface area contributed by atoms with Crippen LogP contribution in [-0.2, 0) is 0 Å². The van der Waals surface area contributed by atoms with Gasteiger partial charge in [-0.05, 0) is 36.4 Å². The summed E-state index contributed by atoms with van der Waals surface area (Å²) in [4.78, 5) is 26.7. The van der Waals surface area contributed by atoms with Crippen LogP contribution in [0.5, 0.6) is 0 Å². The van der Waals surface area contributed by atoms with Crippen molar-refractivity contribution in [2.24, 2.45) is 5.10 Å². The molecule has 150 valence electrons. The smallest absolute Gasteiger partial charge is 0.261 e. The number of hydrogen-bond donors (Lipinski definition) is 2. The predicted molar refractivity (Wildman–Crippen MR) is 121 cm³/mol. The number of rotatable bonds is 4. The first kappa shape index (κ1) is 18.4. The van der Waals surface area contributed by atoms with Crippen molar-refractivity contribution in [2.75, 3.05) is 11.1 Å². The number of amides is 1. The summed E-state index contributed by atoms with van der Waals surface area (Å²) in [6.07, 6.45) is 3.23. The second-order valence-electron chi connectivity index (χ2n) is 6.78. The highest BCUT2D eigenvalue weighted by Gasteiger charge is 2.24. The molecule has 0 aliphatic heterocycles. The van der Waals surface area contributed by atoms with E-state index in [0.29, 0.717) is 33.6 Å². The highest BCUT2D eigenvalue weighted by Crippen LogP contribution is 2.28. The van der Waals surface area contributed by atoms with Gasteiger partial charge < -0.3 is 11.1 Å². The molecule has 0 saturated heterocycles. The summed E-state index contributed by atoms with van der Waals surface area (Å²) in [6, 6.07) is 22.1. The summed E-state index contributed by atoms with van der Waals surface area (Å²) in [6.45, 7) is 0. The lowest BCUT2D eigenvalue weighted by Crippen LogP contribution is -2.14. The number of fused-ring (bicyclic) bond motifs is 2. The molecule has 5 aromatic rings. The molecule has 3 heterocycles. The van der Waals surface area contributed by atoms with Crippen LogP contribution in [0, 0.1) is 0 Å². The number of benzene rings is 2. The molecular weight excluding hydrogens is 390 g/mol. The Kier molecular flexibility index (Phi) is 4.57. The lowest BCUT2D eigenvalue weighted by Gasteiger charge is -2.05. The fourth-order valence-electron chi connectivity index (χ4n) is 3.27. The van der Waals surface area contributed by atoms with Crippen LogP contribution in [-0.4, -0.2) is 31.7 Å². The Morgan fingerprint density at radius 3 is 2.39 bits per heavy atom. The van der Waals surface area contributed by atoms with E-state index in [4.69, 9.17) is 5.73 Å². The van der Waals surface area contributed by atoms with Gasteiger partial charge in [0.15, 0.2) is 5.65 Å². The number of anilines is 2. The second-order valence-corrected chi connectivity index (χ2v) is 6.78. The number of nitrogens with one attached hydrogen (secondary N) is 1. The maximum atomic E-state index is 13.1. The summed E-state index contributed by atoms with van der Waals surface area (Å²) in [7, 11) is 0. The van der Waals surface area contributed by atoms with Gasteiger partial charge in [0.1, 0.15) is 16.9 Å². The zero-order chi connectivity index (χ0) is 21.2. The number of nitrogens with two attached hydrogens (primary N) is 1. The van der Waals surface area contributed by atoms with Crippen LogP contribution in [0.4, 0.5) is 11.5 Å². The maximum absolute atomic E-state index is 13.1. The molecule has 0 saturated carbocycles. The van der Waals surface area contributed by atoms with Crippen molar-refractivity contribution in [2.45, 2.75) is 0 Å². The third-order valence-corrected chi connectivity index (χ3v) is 4.73. The fraction of sp³-hybridized carbons (Fsp3) is 0. The summed E-state index contributed by atoms with van der Waals surface area (Å²) in [5.41, 5.74) is 10.0. The SMILES string of the molecule is Nc1c(C(=O)Nc2ccccc2)c2nc3ccccc3nc2n1/N=C\c1ccccn1. The van der Waals surface area contributed by atoms with Crippen LogP contribution in [0.1, 0.15) is 16.1 Å². The molecule has 2 aromatic carbocycles. The van der Waals surface area contributed by atoms with E-state index in [1.807, 2.05) is 60.7 Å². The van der Waals surface area contributed by atoms with Crippen molar-refractivity contribution in [1.29, 1.82) is 0 Å². The van der Waals surface area contributed by atoms with Gasteiger partial charge in [0.2, 0.25) is 0 Å². The molecule has 1 amide bonds. The Morgan fingerprint density at radius 1 is 0.935 bits per heavy atom. The number of nitrogen functional groups attached to an aromatic ring is 1. The van der Waals surface area contributed by atoms with Crippen molar-refractivity contribution in [3.05, 3.63) is 90.3 Å². The number of aromatic nitrogens is 4. The Morgan fingerprint density at radius 2 is 1.65 bits per heavy atom. The third-order valence-electron chi connectivity index (χ3n) is 4.73. The van der Waals surface area contributed by atoms with Gasteiger partial charge in [-0.25, -0.2) is 9.97 Å². The van der Waals surface area contributed by atoms with Crippen molar-refractivity contribution < 1.29 is 4.79 Å². The van der Waals surface area contributed by atoms with Crippen LogP contribution in [0.25, 0.3) is 22.2 Å². The van der Waals surface area contributed by atoms with Gasteiger partial charge in [0.25, 0.3) is 5.91 Å². The predicted octanol–water partition coefficient (Wildman–Crippen LogP) is 3.70. The first-order chi connectivity index (χ1) is 15.2. The van der Waals surface area contributed by atoms with E-state index in [9.17, 15) is 4.79 Å². The Balaban J connectivity index is 1.68. The van der Waals surface area contributed by atoms with Crippen LogP contribution in [0.2, 0.25) is 0 Å². The molecule has 8 heteroatoms. The molecule has 0 fully saturated rings. The normalized spacial score (nSPS) is 11.4. The van der Waals surface area contributed by atoms with Crippen molar-refractivity contribution in [3.63, 3.8) is 0 Å². The molecule has 31 heavy (non-hydrogen) atoms. The van der Waals surface area contributed by atoms with Crippen LogP contribution < -0.4 is 11.1 Å². The Hall–Kier alpha value is -4.59. The number of carbonyl (C=O) groups is 1. The number of nitrogens with zero attached hydrogens (tertiary/aromatic N) is 5. The lowest BCUT2D eigenvalue weighted by atomic mass is 10.2. The van der Waals surface area contributed by atoms with Crippen molar-refractivity contribution >= 4 is 45.8 Å². The first-order valence-corrected chi connectivity index (χ1v) is 9.59. The number of hydrogen-bond acceptors (Lipinski definition) is 6. The molecule has 0 unspecified atom stereocenters. The van der Waals surface area contributed by atoms with Gasteiger partial charge >= 0.3 is 0 Å². The van der Waals surface area contributed by atoms with Gasteiger partial charge in [-0.3, -0.25) is 9.78 Å². The molecule has 3 N–H and O–H groups in total. The van der Waals surface area contributed by atoms with Gasteiger partial charge in [-0.15, -0.1) is 0 Å². The maximum Gasteiger partial charge on any atom is 0.261 e. The molecule has 0 spiro atoms. The van der Waals surface area contributed by atoms with E-state index >= 15 is 0 Å². The molecule has 3 aromatic heterocycles. The van der Waals surface area contributed by atoms with E-state index in [0.717, 1.165) is 0 Å². The number of pyridine rings is 1. The average Bonchev–Trinajstić information content (AvgIpc) is 3.07. The molecule has 0 radical (unpaired) electrons. The minimum absolute atomic E-state index is 0.144. The third kappa shape index (κ3) is 3.46. The second kappa shape index (κ2) is 7.68. The monoisotopic (exact) mass is 407 g/mol. The fourth-order valence-corrected chi connectivity index (χ4v) is 3.27. The van der Waals surface area contributed by atoms with Gasteiger partial charge in [-0.1, -0.05) is 36.4 Å². The topological polar surface area (TPSA) is 111 Å². The van der Waals surface area contributed by atoms with Gasteiger partial charge in [0.05, 0.1) is 22.9 Å². The summed E-state index contributed by atoms with van der Waals surface area (Å²) in [5, 5.41) is 7.30. The standard InChI is InChI=1S/C23H17N7O/c24-21-19(23(31)27-15-8-2-1-3-9-15)20-22(29-18-12-5-4-11-17(18)28-20)30(21)26-14-16-10-6-7-13-25-16/h1-14H,24H2,(H,27,31)/b26-14-. The van der Waals surface area contributed by atoms with E-state index in [-0.39, 0.29) is 17.3 Å². The molecule has 5 rings (SSSR count). The minimum Gasteiger partial charge on any atom is -0.383 e. The van der Waals surface area contributed by atoms with E-state index in [1.54, 1.807) is 24.5 Å².